The van der Waals surface area contributed by atoms with Crippen LogP contribution in [-0.4, -0.2) is 32.2 Å². The normalized spacial score (nSPS) is 19.5. The Morgan fingerprint density at radius 2 is 2.00 bits per heavy atom. The van der Waals surface area contributed by atoms with Gasteiger partial charge in [0, 0.05) is 43.2 Å². The van der Waals surface area contributed by atoms with Crippen LogP contribution in [0.15, 0.2) is 16.9 Å². The largest absolute Gasteiger partial charge is 0.347 e. The number of piperidine rings is 1. The van der Waals surface area contributed by atoms with Gasteiger partial charge in [0.1, 0.15) is 5.82 Å². The minimum absolute atomic E-state index is 0.00251. The van der Waals surface area contributed by atoms with Gasteiger partial charge in [0.25, 0.3) is 5.56 Å². The maximum Gasteiger partial charge on any atom is 0.266 e. The number of aryl methyl sites for hydroxylation is 1. The van der Waals surface area contributed by atoms with Crippen molar-refractivity contribution in [1.82, 2.24) is 19.1 Å². The third-order valence-corrected chi connectivity index (χ3v) is 6.01. The summed E-state index contributed by atoms with van der Waals surface area (Å²) in [6, 6.07) is 3.39. The Balaban J connectivity index is 1.35. The van der Waals surface area contributed by atoms with E-state index >= 15 is 0 Å². The molecule has 1 aliphatic heterocycles. The summed E-state index contributed by atoms with van der Waals surface area (Å²) in [4.78, 5) is 19.0. The first-order valence-electron chi connectivity index (χ1n) is 8.82. The molecule has 1 saturated carbocycles. The highest BCUT2D eigenvalue weighted by atomic mass is 32.1. The Morgan fingerprint density at radius 1 is 1.21 bits per heavy atom. The van der Waals surface area contributed by atoms with Crippen LogP contribution in [0.4, 0.5) is 5.13 Å². The highest BCUT2D eigenvalue weighted by Crippen LogP contribution is 2.36. The zero-order chi connectivity index (χ0) is 16.5. The highest BCUT2D eigenvalue weighted by molar-refractivity contribution is 7.09. The smallest absolute Gasteiger partial charge is 0.266 e. The second kappa shape index (κ2) is 6.63. The van der Waals surface area contributed by atoms with Crippen LogP contribution in [0, 0.1) is 12.8 Å². The van der Waals surface area contributed by atoms with Gasteiger partial charge in [0.2, 0.25) is 5.13 Å². The fourth-order valence-corrected chi connectivity index (χ4v) is 4.22. The van der Waals surface area contributed by atoms with Crippen molar-refractivity contribution in [1.29, 1.82) is 0 Å². The van der Waals surface area contributed by atoms with Gasteiger partial charge in [-0.05, 0) is 44.6 Å². The van der Waals surface area contributed by atoms with E-state index in [0.29, 0.717) is 11.8 Å². The zero-order valence-electron chi connectivity index (χ0n) is 14.0. The maximum atomic E-state index is 11.9. The molecule has 6 nitrogen and oxygen atoms in total. The fraction of sp³-hybridized carbons (Fsp3) is 0.647. The summed E-state index contributed by atoms with van der Waals surface area (Å²) in [7, 11) is 0. The van der Waals surface area contributed by atoms with E-state index in [1.807, 2.05) is 6.92 Å². The van der Waals surface area contributed by atoms with E-state index in [4.69, 9.17) is 4.98 Å². The first kappa shape index (κ1) is 15.7. The summed E-state index contributed by atoms with van der Waals surface area (Å²) in [5.74, 6) is 2.16. The van der Waals surface area contributed by atoms with Crippen molar-refractivity contribution in [2.24, 2.45) is 5.92 Å². The molecule has 24 heavy (non-hydrogen) atoms. The van der Waals surface area contributed by atoms with Gasteiger partial charge in [-0.2, -0.15) is 9.47 Å². The molecule has 2 aromatic heterocycles. The lowest BCUT2D eigenvalue weighted by atomic mass is 9.85. The number of hydrogen-bond donors (Lipinski definition) is 0. The van der Waals surface area contributed by atoms with E-state index in [1.165, 1.54) is 19.3 Å². The second-order valence-corrected chi connectivity index (χ2v) is 7.72. The van der Waals surface area contributed by atoms with E-state index in [1.54, 1.807) is 28.3 Å². The van der Waals surface area contributed by atoms with Gasteiger partial charge in [-0.3, -0.25) is 4.79 Å². The quantitative estimate of drug-likeness (QED) is 0.852. The maximum absolute atomic E-state index is 11.9. The Bertz CT molecular complexity index is 758. The van der Waals surface area contributed by atoms with E-state index in [9.17, 15) is 4.79 Å². The number of aromatic nitrogens is 4. The van der Waals surface area contributed by atoms with E-state index in [2.05, 4.69) is 14.4 Å². The third kappa shape index (κ3) is 3.22. The summed E-state index contributed by atoms with van der Waals surface area (Å²) in [6.45, 7) is 4.63. The molecular formula is C17H23N5OS. The van der Waals surface area contributed by atoms with Crippen molar-refractivity contribution in [3.63, 3.8) is 0 Å². The molecule has 2 aliphatic rings. The van der Waals surface area contributed by atoms with Crippen LogP contribution in [0.3, 0.4) is 0 Å². The van der Waals surface area contributed by atoms with Crippen LogP contribution in [0.25, 0.3) is 0 Å². The minimum atomic E-state index is -0.00251. The average Bonchev–Trinajstić information content (AvgIpc) is 2.99. The molecule has 2 fully saturated rings. The van der Waals surface area contributed by atoms with Crippen LogP contribution in [-0.2, 0) is 6.54 Å². The van der Waals surface area contributed by atoms with Crippen LogP contribution in [0.5, 0.6) is 0 Å². The monoisotopic (exact) mass is 345 g/mol. The molecule has 0 N–H and O–H groups in total. The summed E-state index contributed by atoms with van der Waals surface area (Å²) in [5, 5.41) is 5.42. The van der Waals surface area contributed by atoms with Crippen molar-refractivity contribution in [2.75, 3.05) is 18.0 Å². The van der Waals surface area contributed by atoms with Gasteiger partial charge in [0.15, 0.2) is 0 Å². The molecule has 128 valence electrons. The van der Waals surface area contributed by atoms with Crippen LogP contribution in [0.1, 0.15) is 49.5 Å². The third-order valence-electron chi connectivity index (χ3n) is 5.22. The topological polar surface area (TPSA) is 63.9 Å². The number of anilines is 1. The lowest BCUT2D eigenvalue weighted by Crippen LogP contribution is -2.36. The van der Waals surface area contributed by atoms with Crippen LogP contribution in [0.2, 0.25) is 0 Å². The molecule has 1 saturated heterocycles. The van der Waals surface area contributed by atoms with E-state index in [-0.39, 0.29) is 5.56 Å². The molecule has 7 heteroatoms. The number of hydrogen-bond acceptors (Lipinski definition) is 6. The lowest BCUT2D eigenvalue weighted by Gasteiger charge is -2.31. The van der Waals surface area contributed by atoms with Crippen molar-refractivity contribution in [2.45, 2.75) is 51.5 Å². The van der Waals surface area contributed by atoms with Crippen LogP contribution >= 0.6 is 11.5 Å². The van der Waals surface area contributed by atoms with Gasteiger partial charge < -0.3 is 4.90 Å². The molecule has 1 aliphatic carbocycles. The summed E-state index contributed by atoms with van der Waals surface area (Å²) < 4.78 is 6.18. The Kier molecular flexibility index (Phi) is 4.35. The molecule has 0 atom stereocenters. The number of rotatable bonds is 4. The lowest BCUT2D eigenvalue weighted by molar-refractivity contribution is 0.334. The van der Waals surface area contributed by atoms with Gasteiger partial charge in [-0.1, -0.05) is 6.42 Å². The summed E-state index contributed by atoms with van der Waals surface area (Å²) in [5.41, 5.74) is 0.890. The van der Waals surface area contributed by atoms with Gasteiger partial charge in [0.05, 0.1) is 5.69 Å². The SMILES string of the molecule is Cc1ccc(=O)n(CC2CCN(c3nc(C4CCC4)ns3)CC2)n1. The van der Waals surface area contributed by atoms with Crippen molar-refractivity contribution >= 4 is 16.7 Å². The Labute approximate surface area is 145 Å². The molecule has 0 bridgehead atoms. The van der Waals surface area contributed by atoms with Gasteiger partial charge >= 0.3 is 0 Å². The van der Waals surface area contributed by atoms with Crippen molar-refractivity contribution < 1.29 is 0 Å². The molecule has 0 unspecified atom stereocenters. The second-order valence-electron chi connectivity index (χ2n) is 6.99. The van der Waals surface area contributed by atoms with Gasteiger partial charge in [-0.25, -0.2) is 9.67 Å². The summed E-state index contributed by atoms with van der Waals surface area (Å²) >= 11 is 1.54. The molecule has 0 spiro atoms. The molecule has 0 aromatic carbocycles. The highest BCUT2D eigenvalue weighted by Gasteiger charge is 2.26. The Morgan fingerprint density at radius 3 is 2.71 bits per heavy atom. The first-order valence-corrected chi connectivity index (χ1v) is 9.60. The predicted molar refractivity (Wildman–Crippen MR) is 94.7 cm³/mol. The molecular weight excluding hydrogens is 322 g/mol. The van der Waals surface area contributed by atoms with E-state index < -0.39 is 0 Å². The van der Waals surface area contributed by atoms with Crippen LogP contribution < -0.4 is 10.5 Å². The molecule has 0 amide bonds. The Hall–Kier alpha value is -1.76. The zero-order valence-corrected chi connectivity index (χ0v) is 14.8. The fourth-order valence-electron chi connectivity index (χ4n) is 3.42. The number of nitrogens with zero attached hydrogens (tertiary/aromatic N) is 5. The predicted octanol–water partition coefficient (Wildman–Crippen LogP) is 2.59. The van der Waals surface area contributed by atoms with Gasteiger partial charge in [-0.15, -0.1) is 0 Å². The molecule has 4 rings (SSSR count). The summed E-state index contributed by atoms with van der Waals surface area (Å²) in [6.07, 6.45) is 5.95. The first-order chi connectivity index (χ1) is 11.7. The minimum Gasteiger partial charge on any atom is -0.347 e. The van der Waals surface area contributed by atoms with E-state index in [0.717, 1.165) is 49.1 Å². The van der Waals surface area contributed by atoms with Crippen molar-refractivity contribution in [3.05, 3.63) is 34.0 Å². The molecule has 0 radical (unpaired) electrons. The standard InChI is InChI=1S/C17H23N5OS/c1-12-5-6-15(23)22(19-12)11-13-7-9-21(10-8-13)17-18-16(20-24-17)14-3-2-4-14/h5-6,13-14H,2-4,7-11H2,1H3. The average molecular weight is 345 g/mol. The molecule has 3 heterocycles. The molecule has 2 aromatic rings. The van der Waals surface area contributed by atoms with Crippen molar-refractivity contribution in [3.8, 4) is 0 Å².